The number of benzene rings is 2. The molecule has 4 aromatic rings. The number of anilines is 1. The van der Waals surface area contributed by atoms with E-state index in [4.69, 9.17) is 23.2 Å². The van der Waals surface area contributed by atoms with E-state index < -0.39 is 16.6 Å². The molecule has 0 atom stereocenters. The lowest BCUT2D eigenvalue weighted by Crippen LogP contribution is -2.23. The minimum Gasteiger partial charge on any atom is -0.506 e. The van der Waals surface area contributed by atoms with E-state index >= 15 is 0 Å². The van der Waals surface area contributed by atoms with Crippen molar-refractivity contribution in [3.05, 3.63) is 91.8 Å². The molecule has 11 nitrogen and oxygen atoms in total. The first kappa shape index (κ1) is 28.2. The molecule has 36 heavy (non-hydrogen) atoms. The standard InChI is InChI=1S/C23H16Cl2N4O5.2H2O/c1-12-5-6-13(7-18(12)29(33)34)10-28-11-15(14-3-2-4-19(30)21(14)28)22(31)23(32)27-20-16(24)8-26-9-17(20)25;;/h2-9,11,30H,10H2,1H3,(H,26,27,32);2*1H2. The third kappa shape index (κ3) is 5.29. The summed E-state index contributed by atoms with van der Waals surface area (Å²) in [4.78, 5) is 40.4. The molecule has 1 amide bonds. The number of aromatic hydroxyl groups is 1. The largest absolute Gasteiger partial charge is 0.506 e. The van der Waals surface area contributed by atoms with Gasteiger partial charge in [0.2, 0.25) is 0 Å². The van der Waals surface area contributed by atoms with Gasteiger partial charge >= 0.3 is 0 Å². The molecule has 4 rings (SSSR count). The summed E-state index contributed by atoms with van der Waals surface area (Å²) >= 11 is 12.0. The first-order valence-corrected chi connectivity index (χ1v) is 10.6. The smallest absolute Gasteiger partial charge is 0.296 e. The Morgan fingerprint density at radius 2 is 1.81 bits per heavy atom. The highest BCUT2D eigenvalue weighted by Crippen LogP contribution is 2.32. The number of amides is 1. The number of hydrogen-bond donors (Lipinski definition) is 2. The number of carbonyl (C=O) groups is 2. The molecule has 0 saturated heterocycles. The zero-order valence-corrected chi connectivity index (χ0v) is 20.1. The number of nitro benzene ring substituents is 1. The number of halogens is 2. The van der Waals surface area contributed by atoms with Crippen LogP contribution in [0.25, 0.3) is 10.9 Å². The van der Waals surface area contributed by atoms with Crippen molar-refractivity contribution < 1.29 is 30.6 Å². The van der Waals surface area contributed by atoms with Crippen LogP contribution in [0.1, 0.15) is 21.5 Å². The molecule has 0 aliphatic heterocycles. The van der Waals surface area contributed by atoms with Gasteiger partial charge in [0.25, 0.3) is 17.4 Å². The predicted molar refractivity (Wildman–Crippen MR) is 135 cm³/mol. The minimum atomic E-state index is -0.983. The maximum Gasteiger partial charge on any atom is 0.296 e. The van der Waals surface area contributed by atoms with E-state index in [0.717, 1.165) is 0 Å². The topological polar surface area (TPSA) is 190 Å². The van der Waals surface area contributed by atoms with Gasteiger partial charge in [0.15, 0.2) is 0 Å². The quantitative estimate of drug-likeness (QED) is 0.164. The van der Waals surface area contributed by atoms with Crippen molar-refractivity contribution in [2.45, 2.75) is 13.5 Å². The second-order valence-corrected chi connectivity index (χ2v) is 8.30. The summed E-state index contributed by atoms with van der Waals surface area (Å²) in [6.07, 6.45) is 3.98. The van der Waals surface area contributed by atoms with Crippen LogP contribution in [0.4, 0.5) is 11.4 Å². The number of ketones is 1. The van der Waals surface area contributed by atoms with Crippen molar-refractivity contribution in [2.24, 2.45) is 0 Å². The van der Waals surface area contributed by atoms with Gasteiger partial charge in [-0.2, -0.15) is 0 Å². The van der Waals surface area contributed by atoms with E-state index in [1.807, 2.05) is 0 Å². The molecule has 0 unspecified atom stereocenters. The molecule has 0 spiro atoms. The molecule has 0 bridgehead atoms. The molecule has 13 heteroatoms. The zero-order valence-electron chi connectivity index (χ0n) is 18.6. The van der Waals surface area contributed by atoms with Gasteiger partial charge in [-0.25, -0.2) is 0 Å². The number of nitrogens with one attached hydrogen (secondary N) is 1. The number of aromatic nitrogens is 2. The Morgan fingerprint density at radius 3 is 2.44 bits per heavy atom. The van der Waals surface area contributed by atoms with Gasteiger partial charge in [0.1, 0.15) is 5.75 Å². The number of aryl methyl sites for hydroxylation is 1. The van der Waals surface area contributed by atoms with Gasteiger partial charge < -0.3 is 25.9 Å². The molecule has 0 fully saturated rings. The van der Waals surface area contributed by atoms with E-state index in [1.165, 1.54) is 30.7 Å². The summed E-state index contributed by atoms with van der Waals surface area (Å²) in [6.45, 7) is 1.75. The molecule has 0 radical (unpaired) electrons. The van der Waals surface area contributed by atoms with Crippen molar-refractivity contribution in [1.29, 1.82) is 0 Å². The minimum absolute atomic E-state index is 0. The van der Waals surface area contributed by atoms with Gasteiger partial charge in [-0.05, 0) is 18.6 Å². The predicted octanol–water partition coefficient (Wildman–Crippen LogP) is 3.49. The summed E-state index contributed by atoms with van der Waals surface area (Å²) in [5, 5.41) is 24.7. The van der Waals surface area contributed by atoms with Crippen molar-refractivity contribution in [3.63, 3.8) is 0 Å². The Hall–Kier alpha value is -4.03. The molecular formula is C23H20Cl2N4O7. The maximum absolute atomic E-state index is 13.1. The van der Waals surface area contributed by atoms with Gasteiger partial charge in [-0.15, -0.1) is 0 Å². The fraction of sp³-hybridized carbons (Fsp3) is 0.0870. The summed E-state index contributed by atoms with van der Waals surface area (Å²) in [7, 11) is 0. The maximum atomic E-state index is 13.1. The van der Waals surface area contributed by atoms with Crippen LogP contribution in [0.5, 0.6) is 5.75 Å². The van der Waals surface area contributed by atoms with Crippen LogP contribution in [0.3, 0.4) is 0 Å². The molecule has 2 heterocycles. The fourth-order valence-electron chi connectivity index (χ4n) is 3.62. The summed E-state index contributed by atoms with van der Waals surface area (Å²) in [5.74, 6) is -1.98. The lowest BCUT2D eigenvalue weighted by molar-refractivity contribution is -0.385. The van der Waals surface area contributed by atoms with Crippen molar-refractivity contribution in [2.75, 3.05) is 5.32 Å². The Bertz CT molecular complexity index is 1470. The summed E-state index contributed by atoms with van der Waals surface area (Å²) in [5.41, 5.74) is 1.44. The average molecular weight is 535 g/mol. The number of phenols is 1. The molecule has 2 aromatic carbocycles. The number of rotatable bonds is 6. The number of para-hydroxylation sites is 1. The molecule has 0 aliphatic rings. The number of nitro groups is 1. The Balaban J connectivity index is 0.00000228. The number of fused-ring (bicyclic) bond motifs is 1. The number of pyridine rings is 1. The average Bonchev–Trinajstić information content (AvgIpc) is 3.16. The highest BCUT2D eigenvalue weighted by Gasteiger charge is 2.24. The van der Waals surface area contributed by atoms with Gasteiger partial charge in [-0.3, -0.25) is 24.7 Å². The summed E-state index contributed by atoms with van der Waals surface area (Å²) < 4.78 is 1.56. The first-order chi connectivity index (χ1) is 16.2. The molecule has 188 valence electrons. The number of nitrogens with zero attached hydrogens (tertiary/aromatic N) is 3. The fourth-order valence-corrected chi connectivity index (χ4v) is 4.08. The third-order valence-corrected chi connectivity index (χ3v) is 5.82. The molecule has 0 aliphatic carbocycles. The van der Waals surface area contributed by atoms with Crippen LogP contribution < -0.4 is 5.32 Å². The Labute approximate surface area is 213 Å². The summed E-state index contributed by atoms with van der Waals surface area (Å²) in [6, 6.07) is 9.36. The Morgan fingerprint density at radius 1 is 1.14 bits per heavy atom. The van der Waals surface area contributed by atoms with Crippen LogP contribution in [0.15, 0.2) is 55.0 Å². The van der Waals surface area contributed by atoms with Gasteiger partial charge in [0, 0.05) is 42.2 Å². The van der Waals surface area contributed by atoms with Crippen molar-refractivity contribution in [1.82, 2.24) is 9.55 Å². The number of Topliss-reactive ketones (excluding diaryl/α,β-unsaturated/α-hetero) is 1. The number of hydrogen-bond acceptors (Lipinski definition) is 6. The Kier molecular flexibility index (Phi) is 8.73. The van der Waals surface area contributed by atoms with Crippen molar-refractivity contribution >= 4 is 57.2 Å². The second-order valence-electron chi connectivity index (χ2n) is 7.48. The highest BCUT2D eigenvalue weighted by molar-refractivity contribution is 6.50. The van der Waals surface area contributed by atoms with Crippen molar-refractivity contribution in [3.8, 4) is 5.75 Å². The lowest BCUT2D eigenvalue weighted by atomic mass is 10.1. The normalized spacial score (nSPS) is 10.3. The van der Waals surface area contributed by atoms with Gasteiger partial charge in [0.05, 0.1) is 31.7 Å². The van der Waals surface area contributed by atoms with Crippen LogP contribution in [-0.4, -0.2) is 42.2 Å². The monoisotopic (exact) mass is 534 g/mol. The number of phenolic OH excluding ortho intramolecular Hbond substituents is 1. The van der Waals surface area contributed by atoms with E-state index in [1.54, 1.807) is 35.8 Å². The lowest BCUT2D eigenvalue weighted by Gasteiger charge is -2.08. The van der Waals surface area contributed by atoms with E-state index in [2.05, 4.69) is 10.3 Å². The third-order valence-electron chi connectivity index (χ3n) is 5.24. The van der Waals surface area contributed by atoms with Crippen LogP contribution >= 0.6 is 23.2 Å². The number of carbonyl (C=O) groups excluding carboxylic acids is 2. The highest BCUT2D eigenvalue weighted by atomic mass is 35.5. The molecular weight excluding hydrogens is 515 g/mol. The zero-order chi connectivity index (χ0) is 24.6. The molecule has 6 N–H and O–H groups in total. The molecule has 2 aromatic heterocycles. The first-order valence-electron chi connectivity index (χ1n) is 9.86. The SMILES string of the molecule is Cc1ccc(Cn2cc(C(=O)C(=O)Nc3c(Cl)cncc3Cl)c3cccc(O)c32)cc1[N+](=O)[O-].O.O. The van der Waals surface area contributed by atoms with E-state index in [9.17, 15) is 24.8 Å². The van der Waals surface area contributed by atoms with Crippen LogP contribution in [0.2, 0.25) is 10.0 Å². The second kappa shape index (κ2) is 11.1. The van der Waals surface area contributed by atoms with E-state index in [-0.39, 0.29) is 50.2 Å². The van der Waals surface area contributed by atoms with Gasteiger partial charge in [-0.1, -0.05) is 47.5 Å². The van der Waals surface area contributed by atoms with E-state index in [0.29, 0.717) is 22.0 Å². The molecule has 0 saturated carbocycles. The van der Waals surface area contributed by atoms with Crippen LogP contribution in [-0.2, 0) is 11.3 Å². The van der Waals surface area contributed by atoms with Crippen LogP contribution in [0, 0.1) is 17.0 Å².